The van der Waals surface area contributed by atoms with Gasteiger partial charge in [0.15, 0.2) is 0 Å². The van der Waals surface area contributed by atoms with Crippen molar-refractivity contribution in [1.29, 1.82) is 0 Å². The van der Waals surface area contributed by atoms with E-state index in [1.807, 2.05) is 0 Å². The van der Waals surface area contributed by atoms with E-state index in [1.165, 1.54) is 11.1 Å². The van der Waals surface area contributed by atoms with E-state index in [2.05, 4.69) is 31.3 Å². The van der Waals surface area contributed by atoms with Gasteiger partial charge in [0.2, 0.25) is 0 Å². The number of Topliss-reactive ketones (excluding diaryl/α,β-unsaturated/α-hetero) is 1. The van der Waals surface area contributed by atoms with Gasteiger partial charge in [-0.3, -0.25) is 4.79 Å². The highest BCUT2D eigenvalue weighted by atomic mass is 16.5. The van der Waals surface area contributed by atoms with Crippen LogP contribution >= 0.6 is 0 Å². The molecule has 0 saturated heterocycles. The molecule has 0 atom stereocenters. The molecule has 3 nitrogen and oxygen atoms in total. The SMILES string of the molecule is COc1c(C)cc(C)cc1CCNCC(C)=O. The van der Waals surface area contributed by atoms with Crippen molar-refractivity contribution < 1.29 is 9.53 Å². The van der Waals surface area contributed by atoms with Crippen LogP contribution in [-0.2, 0) is 11.2 Å². The summed E-state index contributed by atoms with van der Waals surface area (Å²) in [5.41, 5.74) is 3.60. The van der Waals surface area contributed by atoms with Gasteiger partial charge in [-0.25, -0.2) is 0 Å². The third kappa shape index (κ3) is 4.19. The van der Waals surface area contributed by atoms with E-state index in [1.54, 1.807) is 14.0 Å². The Balaban J connectivity index is 2.66. The lowest BCUT2D eigenvalue weighted by Gasteiger charge is -2.13. The second kappa shape index (κ2) is 6.40. The number of carbonyl (C=O) groups is 1. The van der Waals surface area contributed by atoms with E-state index in [-0.39, 0.29) is 5.78 Å². The average molecular weight is 235 g/mol. The standard InChI is InChI=1S/C14H21NO2/c1-10-7-11(2)14(17-4)13(8-10)5-6-15-9-12(3)16/h7-8,15H,5-6,9H2,1-4H3. The fraction of sp³-hybridized carbons (Fsp3) is 0.500. The van der Waals surface area contributed by atoms with Crippen LogP contribution < -0.4 is 10.1 Å². The normalized spacial score (nSPS) is 10.4. The summed E-state index contributed by atoms with van der Waals surface area (Å²) in [6.07, 6.45) is 0.874. The molecule has 3 heteroatoms. The highest BCUT2D eigenvalue weighted by Gasteiger charge is 2.07. The number of ketones is 1. The number of carbonyl (C=O) groups excluding carboxylic acids is 1. The summed E-state index contributed by atoms with van der Waals surface area (Å²) in [6.45, 7) is 6.95. The van der Waals surface area contributed by atoms with Crippen LogP contribution in [0.4, 0.5) is 0 Å². The molecule has 1 rings (SSSR count). The predicted octanol–water partition coefficient (Wildman–Crippen LogP) is 2.03. The Kier molecular flexibility index (Phi) is 5.16. The van der Waals surface area contributed by atoms with Crippen molar-refractivity contribution in [2.24, 2.45) is 0 Å². The number of methoxy groups -OCH3 is 1. The topological polar surface area (TPSA) is 38.3 Å². The molecular weight excluding hydrogens is 214 g/mol. The van der Waals surface area contributed by atoms with Crippen LogP contribution in [0, 0.1) is 13.8 Å². The summed E-state index contributed by atoms with van der Waals surface area (Å²) < 4.78 is 5.41. The van der Waals surface area contributed by atoms with Gasteiger partial charge < -0.3 is 10.1 Å². The van der Waals surface area contributed by atoms with Crippen molar-refractivity contribution in [1.82, 2.24) is 5.32 Å². The van der Waals surface area contributed by atoms with Crippen LogP contribution in [0.3, 0.4) is 0 Å². The molecule has 0 aromatic heterocycles. The lowest BCUT2D eigenvalue weighted by molar-refractivity contribution is -0.116. The fourth-order valence-electron chi connectivity index (χ4n) is 2.01. The fourth-order valence-corrected chi connectivity index (χ4v) is 2.01. The number of rotatable bonds is 6. The molecule has 0 spiro atoms. The highest BCUT2D eigenvalue weighted by molar-refractivity contribution is 5.77. The van der Waals surface area contributed by atoms with Gasteiger partial charge >= 0.3 is 0 Å². The predicted molar refractivity (Wildman–Crippen MR) is 69.7 cm³/mol. The van der Waals surface area contributed by atoms with Crippen LogP contribution in [0.5, 0.6) is 5.75 Å². The summed E-state index contributed by atoms with van der Waals surface area (Å²) in [5.74, 6) is 1.12. The lowest BCUT2D eigenvalue weighted by atomic mass is 10.0. The Hall–Kier alpha value is -1.35. The maximum Gasteiger partial charge on any atom is 0.143 e. The van der Waals surface area contributed by atoms with E-state index >= 15 is 0 Å². The molecule has 0 bridgehead atoms. The smallest absolute Gasteiger partial charge is 0.143 e. The summed E-state index contributed by atoms with van der Waals surface area (Å²) in [7, 11) is 1.70. The largest absolute Gasteiger partial charge is 0.496 e. The van der Waals surface area contributed by atoms with Crippen LogP contribution in [0.15, 0.2) is 12.1 Å². The zero-order valence-electron chi connectivity index (χ0n) is 11.1. The molecule has 17 heavy (non-hydrogen) atoms. The Bertz CT molecular complexity index is 399. The molecule has 0 heterocycles. The molecule has 0 amide bonds. The summed E-state index contributed by atoms with van der Waals surface area (Å²) in [6, 6.07) is 4.26. The number of benzene rings is 1. The van der Waals surface area contributed by atoms with E-state index in [0.29, 0.717) is 6.54 Å². The van der Waals surface area contributed by atoms with Crippen molar-refractivity contribution in [3.05, 3.63) is 28.8 Å². The molecule has 0 aliphatic carbocycles. The maximum absolute atomic E-state index is 10.8. The van der Waals surface area contributed by atoms with E-state index < -0.39 is 0 Å². The molecule has 0 aliphatic heterocycles. The second-order valence-electron chi connectivity index (χ2n) is 4.40. The highest BCUT2D eigenvalue weighted by Crippen LogP contribution is 2.25. The minimum atomic E-state index is 0.164. The van der Waals surface area contributed by atoms with Gasteiger partial charge in [-0.15, -0.1) is 0 Å². The lowest BCUT2D eigenvalue weighted by Crippen LogP contribution is -2.23. The van der Waals surface area contributed by atoms with Crippen molar-refractivity contribution in [3.8, 4) is 5.75 Å². The Morgan fingerprint density at radius 2 is 2.06 bits per heavy atom. The average Bonchev–Trinajstić information content (AvgIpc) is 2.23. The van der Waals surface area contributed by atoms with Gasteiger partial charge in [-0.05, 0) is 44.9 Å². The Labute approximate surface area is 103 Å². The monoisotopic (exact) mass is 235 g/mol. The van der Waals surface area contributed by atoms with Gasteiger partial charge in [0.1, 0.15) is 11.5 Å². The third-order valence-corrected chi connectivity index (χ3v) is 2.65. The number of nitrogens with one attached hydrogen (secondary N) is 1. The first-order chi connectivity index (χ1) is 8.04. The molecule has 0 aliphatic rings. The first-order valence-electron chi connectivity index (χ1n) is 5.89. The quantitative estimate of drug-likeness (QED) is 0.767. The molecule has 1 N–H and O–H groups in total. The molecular formula is C14H21NO2. The maximum atomic E-state index is 10.8. The molecule has 1 aromatic rings. The summed E-state index contributed by atoms with van der Waals surface area (Å²) in [5, 5.41) is 3.12. The molecule has 0 fully saturated rings. The number of ether oxygens (including phenoxy) is 1. The van der Waals surface area contributed by atoms with E-state index in [0.717, 1.165) is 24.3 Å². The second-order valence-corrected chi connectivity index (χ2v) is 4.40. The minimum absolute atomic E-state index is 0.164. The van der Waals surface area contributed by atoms with Crippen LogP contribution in [0.25, 0.3) is 0 Å². The molecule has 0 saturated carbocycles. The van der Waals surface area contributed by atoms with Gasteiger partial charge in [-0.1, -0.05) is 17.7 Å². The van der Waals surface area contributed by atoms with Gasteiger partial charge in [-0.2, -0.15) is 0 Å². The van der Waals surface area contributed by atoms with Gasteiger partial charge in [0.05, 0.1) is 13.7 Å². The molecule has 0 radical (unpaired) electrons. The molecule has 1 aromatic carbocycles. The van der Waals surface area contributed by atoms with Crippen molar-refractivity contribution in [2.75, 3.05) is 20.2 Å². The number of aryl methyl sites for hydroxylation is 2. The first-order valence-corrected chi connectivity index (χ1v) is 5.89. The third-order valence-electron chi connectivity index (χ3n) is 2.65. The van der Waals surface area contributed by atoms with Crippen molar-refractivity contribution in [2.45, 2.75) is 27.2 Å². The summed E-state index contributed by atoms with van der Waals surface area (Å²) in [4.78, 5) is 10.8. The number of hydrogen-bond acceptors (Lipinski definition) is 3. The Morgan fingerprint density at radius 3 is 2.65 bits per heavy atom. The van der Waals surface area contributed by atoms with Crippen LogP contribution in [0.2, 0.25) is 0 Å². The van der Waals surface area contributed by atoms with Crippen LogP contribution in [-0.4, -0.2) is 26.0 Å². The van der Waals surface area contributed by atoms with E-state index in [9.17, 15) is 4.79 Å². The Morgan fingerprint density at radius 1 is 1.35 bits per heavy atom. The van der Waals surface area contributed by atoms with Crippen LogP contribution in [0.1, 0.15) is 23.6 Å². The van der Waals surface area contributed by atoms with Gasteiger partial charge in [0, 0.05) is 0 Å². The molecule has 94 valence electrons. The van der Waals surface area contributed by atoms with Gasteiger partial charge in [0.25, 0.3) is 0 Å². The van der Waals surface area contributed by atoms with Crippen molar-refractivity contribution >= 4 is 5.78 Å². The van der Waals surface area contributed by atoms with E-state index in [4.69, 9.17) is 4.74 Å². The number of hydrogen-bond donors (Lipinski definition) is 1. The minimum Gasteiger partial charge on any atom is -0.496 e. The molecule has 0 unspecified atom stereocenters. The zero-order chi connectivity index (χ0) is 12.8. The van der Waals surface area contributed by atoms with Crippen molar-refractivity contribution in [3.63, 3.8) is 0 Å². The zero-order valence-corrected chi connectivity index (χ0v) is 11.1. The summed E-state index contributed by atoms with van der Waals surface area (Å²) >= 11 is 0. The first kappa shape index (κ1) is 13.7.